The molecule has 0 saturated heterocycles. The number of fused-ring (bicyclic) bond motifs is 5. The van der Waals surface area contributed by atoms with E-state index in [4.69, 9.17) is 18.5 Å². The van der Waals surface area contributed by atoms with Gasteiger partial charge in [-0.1, -0.05) is 51.6 Å². The number of aromatic nitrogens is 5. The van der Waals surface area contributed by atoms with Gasteiger partial charge in [-0.15, -0.1) is 0 Å². The Balaban J connectivity index is 0.000000269. The Morgan fingerprint density at radius 1 is 0.600 bits per heavy atom. The van der Waals surface area contributed by atoms with E-state index in [0.717, 1.165) is 93.3 Å². The summed E-state index contributed by atoms with van der Waals surface area (Å²) in [6.45, 7) is 4.00. The minimum atomic E-state index is -1.44. The molecule has 0 spiro atoms. The van der Waals surface area contributed by atoms with E-state index in [0.29, 0.717) is 18.2 Å². The number of pyridine rings is 5. The second kappa shape index (κ2) is 32.7. The number of aliphatic hydroxyl groups excluding tert-OH is 2. The molecule has 5 heterocycles. The van der Waals surface area contributed by atoms with Crippen LogP contribution in [0, 0.1) is 0 Å². The Morgan fingerprint density at radius 2 is 1.02 bits per heavy atom. The fraction of sp³-hybridized carbons (Fsp3) is 0.471. The topological polar surface area (TPSA) is 207 Å². The van der Waals surface area contributed by atoms with E-state index >= 15 is 0 Å². The SMILES string of the molecule is C.CC.CN=C1CCCc2cccnc21.CN[C@@H]1CCCc2cccnc21.CO.N[C@@H]1CCCc2cccnc21.O=C1CCCc2cccnc21.OC1CCCc2cccnc21.[O]=[Mn]=[O]. The first-order chi connectivity index (χ1) is 31.4. The van der Waals surface area contributed by atoms with Gasteiger partial charge in [0.25, 0.3) is 0 Å². The van der Waals surface area contributed by atoms with Gasteiger partial charge in [0.2, 0.25) is 0 Å². The molecule has 0 aliphatic heterocycles. The molecule has 1 unspecified atom stereocenters. The van der Waals surface area contributed by atoms with Crippen molar-refractivity contribution in [3.8, 4) is 0 Å². The molecule has 10 rings (SSSR count). The van der Waals surface area contributed by atoms with Crippen LogP contribution in [-0.2, 0) is 54.6 Å². The number of nitrogens with two attached hydrogens (primary N) is 1. The van der Waals surface area contributed by atoms with Crippen LogP contribution < -0.4 is 11.1 Å². The third kappa shape index (κ3) is 17.8. The van der Waals surface area contributed by atoms with E-state index in [1.807, 2.05) is 89.0 Å². The second-order valence-corrected chi connectivity index (χ2v) is 15.4. The average molecular weight is 932 g/mol. The quantitative estimate of drug-likeness (QED) is 0.116. The van der Waals surface area contributed by atoms with Gasteiger partial charge in [-0.2, -0.15) is 0 Å². The summed E-state index contributed by atoms with van der Waals surface area (Å²) in [5.41, 5.74) is 18.5. The maximum atomic E-state index is 11.2. The summed E-state index contributed by atoms with van der Waals surface area (Å²) >= 11 is -1.44. The van der Waals surface area contributed by atoms with Crippen LogP contribution in [-0.4, -0.2) is 67.8 Å². The number of carbonyl (C=O) groups is 1. The van der Waals surface area contributed by atoms with E-state index in [2.05, 4.69) is 53.4 Å². The van der Waals surface area contributed by atoms with Crippen LogP contribution in [0.2, 0.25) is 0 Å². The Morgan fingerprint density at radius 3 is 1.54 bits per heavy atom. The molecule has 0 radical (unpaired) electrons. The molecule has 5 aromatic rings. The number of carbonyl (C=O) groups excluding carboxylic acids is 1. The zero-order valence-electron chi connectivity index (χ0n) is 38.3. The molecule has 14 heteroatoms. The summed E-state index contributed by atoms with van der Waals surface area (Å²) in [7, 11) is 4.85. The molecule has 65 heavy (non-hydrogen) atoms. The number of aliphatic hydroxyl groups is 2. The van der Waals surface area contributed by atoms with Gasteiger partial charge in [-0.3, -0.25) is 34.7 Å². The Hall–Kier alpha value is -4.95. The van der Waals surface area contributed by atoms with Crippen LogP contribution >= 0.6 is 0 Å². The van der Waals surface area contributed by atoms with Gasteiger partial charge in [0.1, 0.15) is 5.69 Å². The number of ketones is 1. The van der Waals surface area contributed by atoms with Gasteiger partial charge < -0.3 is 21.3 Å². The zero-order valence-corrected chi connectivity index (χ0v) is 39.4. The molecular weight excluding hydrogens is 860 g/mol. The number of nitrogens with zero attached hydrogens (tertiary/aromatic N) is 6. The first kappa shape index (κ1) is 56.2. The fourth-order valence-corrected chi connectivity index (χ4v) is 8.25. The molecule has 0 fully saturated rings. The Labute approximate surface area is 393 Å². The molecule has 353 valence electrons. The monoisotopic (exact) mass is 932 g/mol. The van der Waals surface area contributed by atoms with Crippen molar-refractivity contribution in [1.82, 2.24) is 30.2 Å². The number of nitrogens with one attached hydrogen (secondary N) is 1. The normalized spacial score (nSPS) is 18.4. The predicted octanol–water partition coefficient (Wildman–Crippen LogP) is 9.02. The van der Waals surface area contributed by atoms with Crippen molar-refractivity contribution in [2.75, 3.05) is 21.2 Å². The van der Waals surface area contributed by atoms with Gasteiger partial charge in [0.05, 0.1) is 34.6 Å². The molecule has 0 amide bonds. The molecular formula is C51H72MnN8O5. The average Bonchev–Trinajstić information content (AvgIpc) is 3.36. The van der Waals surface area contributed by atoms with Crippen molar-refractivity contribution in [3.05, 3.63) is 148 Å². The summed E-state index contributed by atoms with van der Waals surface area (Å²) in [5.74, 6) is 0.201. The summed E-state index contributed by atoms with van der Waals surface area (Å²) in [4.78, 5) is 36.7. The summed E-state index contributed by atoms with van der Waals surface area (Å²) in [6.07, 6.45) is 24.9. The number of hydrogen-bond acceptors (Lipinski definition) is 13. The number of rotatable bonds is 1. The van der Waals surface area contributed by atoms with E-state index in [1.165, 1.54) is 60.1 Å². The Kier molecular flexibility index (Phi) is 28.2. The second-order valence-electron chi connectivity index (χ2n) is 15.2. The third-order valence-corrected chi connectivity index (χ3v) is 11.2. The van der Waals surface area contributed by atoms with E-state index in [9.17, 15) is 9.90 Å². The molecule has 5 N–H and O–H groups in total. The van der Waals surface area contributed by atoms with Crippen LogP contribution in [0.1, 0.15) is 165 Å². The van der Waals surface area contributed by atoms with E-state index in [1.54, 1.807) is 12.4 Å². The Bertz CT molecular complexity index is 2140. The standard InChI is InChI=1S/C10H14N2.C10H12N2.C9H12N2.C9H11NO.C9H9NO.C2H6.CH4O.CH4.Mn.2O/c2*1-11-9-6-2-4-8-5-3-7-12-10(8)9;10-8-5-1-3-7-4-2-6-11-9(7)8;2*11-8-5-1-3-7-4-2-6-10-9(7)8;2*1-2;;;;/h3,5,7,9,11H,2,4,6H2,1H3;3,5,7H,2,4,6H2,1H3;2,4,6,8H,1,3,5,10H2;2,4,6,8,11H,1,3,5H2;2,4,6H,1,3,5H2;1-2H3;2H,1H3;1H4;;;/t9-;;8-;;;;;;;;/m1.1......../s1. The van der Waals surface area contributed by atoms with Gasteiger partial charge in [0, 0.05) is 63.6 Å². The minimum absolute atomic E-state index is 0. The van der Waals surface area contributed by atoms with Crippen molar-refractivity contribution in [2.45, 2.75) is 136 Å². The number of aliphatic imine (C=N–C) groups is 1. The van der Waals surface area contributed by atoms with Crippen molar-refractivity contribution in [2.24, 2.45) is 10.7 Å². The first-order valence-electron chi connectivity index (χ1n) is 22.5. The number of Topliss-reactive ketones (excluding diaryl/α,β-unsaturated/α-hetero) is 1. The number of aryl methyl sites for hydroxylation is 5. The van der Waals surface area contributed by atoms with Gasteiger partial charge in [-0.05, 0) is 155 Å². The van der Waals surface area contributed by atoms with Crippen molar-refractivity contribution in [1.29, 1.82) is 0 Å². The van der Waals surface area contributed by atoms with Crippen LogP contribution in [0.5, 0.6) is 0 Å². The predicted molar refractivity (Wildman–Crippen MR) is 254 cm³/mol. The number of hydrogen-bond donors (Lipinski definition) is 4. The fourth-order valence-electron chi connectivity index (χ4n) is 8.25. The summed E-state index contributed by atoms with van der Waals surface area (Å²) in [5, 5.41) is 19.8. The third-order valence-electron chi connectivity index (χ3n) is 11.2. The van der Waals surface area contributed by atoms with Crippen molar-refractivity contribution < 1.29 is 37.5 Å². The van der Waals surface area contributed by atoms with Crippen LogP contribution in [0.3, 0.4) is 0 Å². The maximum absolute atomic E-state index is 11.2. The molecule has 0 aromatic carbocycles. The van der Waals surface area contributed by atoms with Gasteiger partial charge in [0.15, 0.2) is 5.78 Å². The van der Waals surface area contributed by atoms with Crippen LogP contribution in [0.25, 0.3) is 0 Å². The van der Waals surface area contributed by atoms with Crippen LogP contribution in [0.15, 0.2) is 96.6 Å². The molecule has 13 nitrogen and oxygen atoms in total. The summed E-state index contributed by atoms with van der Waals surface area (Å²) in [6, 6.07) is 21.0. The molecule has 5 aromatic heterocycles. The summed E-state index contributed by atoms with van der Waals surface area (Å²) < 4.78 is 16.8. The molecule has 5 aliphatic rings. The molecule has 3 atom stereocenters. The molecule has 5 aliphatic carbocycles. The first-order valence-corrected chi connectivity index (χ1v) is 23.5. The van der Waals surface area contributed by atoms with Gasteiger partial charge in [-0.25, -0.2) is 0 Å². The zero-order chi connectivity index (χ0) is 46.5. The van der Waals surface area contributed by atoms with Crippen molar-refractivity contribution >= 4 is 11.5 Å². The van der Waals surface area contributed by atoms with Gasteiger partial charge >= 0.3 is 22.5 Å². The van der Waals surface area contributed by atoms with E-state index < -0.39 is 14.8 Å². The van der Waals surface area contributed by atoms with E-state index in [-0.39, 0.29) is 25.4 Å². The van der Waals surface area contributed by atoms with Crippen LogP contribution in [0.4, 0.5) is 0 Å². The van der Waals surface area contributed by atoms with Crippen molar-refractivity contribution in [3.63, 3.8) is 0 Å². The molecule has 0 saturated carbocycles. The molecule has 0 bridgehead atoms.